The van der Waals surface area contributed by atoms with E-state index in [9.17, 15) is 24.0 Å². The number of aromatic nitrogens is 3. The molecule has 4 fully saturated rings. The number of hydrogen-bond donors (Lipinski definition) is 5. The standard InChI is InChI=1S/C54H72N12O9/c1-6-72-50(69)54(21-10-22-54)49(68)60-42(12-9-23-58-51(56)70)48(67)59-37-16-14-36(15-17-37)34-74-45-13-8-7-11-41(45)43-30-44(47(55)62-61-43)65-32-39-18-19-40(33-65)66(39)38-20-24-57-46(29-38)73-28-27-63-25-26-64(31-35(63)2)52(71)75-53(3,4)5/h7-8,11,13-17,20,24,29-30,35,39-40,42H,6,9-10,12,18-19,21-23,25-28,31-34H2,1-5H3,(H2,55,62)(H,59,67)(H,60,68)(H3,56,58,70)/t35-,39?,40?,42?/m1/s1. The monoisotopic (exact) mass is 1030 g/mol. The molecule has 1 saturated carbocycles. The molecule has 21 heteroatoms. The molecule has 2 aromatic heterocycles. The lowest BCUT2D eigenvalue weighted by Crippen LogP contribution is -2.56. The summed E-state index contributed by atoms with van der Waals surface area (Å²) in [7, 11) is 0. The summed E-state index contributed by atoms with van der Waals surface area (Å²) in [6.45, 7) is 14.6. The third-order valence-corrected chi connectivity index (χ3v) is 14.4. The Balaban J connectivity index is 0.854. The van der Waals surface area contributed by atoms with E-state index in [1.807, 2.05) is 81.6 Å². The second-order valence-electron chi connectivity index (χ2n) is 20.8. The zero-order chi connectivity index (χ0) is 53.3. The number of hydrogen-bond acceptors (Lipinski definition) is 16. The van der Waals surface area contributed by atoms with Crippen molar-refractivity contribution in [1.82, 2.24) is 35.6 Å². The molecular formula is C54H72N12O9. The summed E-state index contributed by atoms with van der Waals surface area (Å²) in [5.74, 6) is -0.0813. The lowest BCUT2D eigenvalue weighted by molar-refractivity contribution is -0.167. The number of anilines is 4. The average Bonchev–Trinajstić information content (AvgIpc) is 3.63. The number of esters is 1. The Hall–Kier alpha value is -7.42. The number of amides is 5. The highest BCUT2D eigenvalue weighted by atomic mass is 16.6. The van der Waals surface area contributed by atoms with Gasteiger partial charge in [0.05, 0.1) is 18.0 Å². The highest BCUT2D eigenvalue weighted by molar-refractivity contribution is 6.06. The smallest absolute Gasteiger partial charge is 0.410 e. The maximum Gasteiger partial charge on any atom is 0.410 e. The van der Waals surface area contributed by atoms with Gasteiger partial charge in [0.1, 0.15) is 36.0 Å². The number of carbonyl (C=O) groups is 5. The van der Waals surface area contributed by atoms with Gasteiger partial charge in [-0.3, -0.25) is 19.3 Å². The first-order valence-corrected chi connectivity index (χ1v) is 26.1. The molecule has 4 atom stereocenters. The largest absolute Gasteiger partial charge is 0.488 e. The van der Waals surface area contributed by atoms with Gasteiger partial charge in [0.25, 0.3) is 0 Å². The molecule has 0 radical (unpaired) electrons. The maximum atomic E-state index is 13.6. The van der Waals surface area contributed by atoms with Crippen LogP contribution in [-0.2, 0) is 30.5 Å². The minimum absolute atomic E-state index is 0.138. The van der Waals surface area contributed by atoms with E-state index in [2.05, 4.69) is 52.8 Å². The van der Waals surface area contributed by atoms with Crippen molar-refractivity contribution in [2.75, 3.05) is 79.9 Å². The van der Waals surface area contributed by atoms with Crippen LogP contribution in [0.1, 0.15) is 85.1 Å². The van der Waals surface area contributed by atoms with E-state index in [1.165, 1.54) is 0 Å². The van der Waals surface area contributed by atoms with Crippen LogP contribution in [0.4, 0.5) is 32.5 Å². The number of para-hydroxylation sites is 1. The number of pyridine rings is 1. The van der Waals surface area contributed by atoms with Crippen molar-refractivity contribution >= 4 is 52.8 Å². The number of nitrogen functional groups attached to an aromatic ring is 1. The number of carbonyl (C=O) groups excluding carboxylic acids is 5. The summed E-state index contributed by atoms with van der Waals surface area (Å²) in [5.41, 5.74) is 14.5. The molecule has 75 heavy (non-hydrogen) atoms. The van der Waals surface area contributed by atoms with Crippen LogP contribution in [0.25, 0.3) is 11.3 Å². The van der Waals surface area contributed by atoms with E-state index in [0.29, 0.717) is 80.8 Å². The number of nitrogens with one attached hydrogen (secondary N) is 3. The number of nitrogens with zero attached hydrogens (tertiary/aromatic N) is 7. The first-order chi connectivity index (χ1) is 36.0. The van der Waals surface area contributed by atoms with Gasteiger partial charge in [-0.25, -0.2) is 14.6 Å². The SMILES string of the molecule is CCOC(=O)C1(C(=O)NC(CCCNC(N)=O)C(=O)Nc2ccc(COc3ccccc3-c3cc(N4CC5CCC(C4)N5c4ccnc(OCCN5CCN(C(=O)OC(C)(C)C)C[C@H]5C)c4)c(N)nn3)cc2)CCC1. The van der Waals surface area contributed by atoms with Gasteiger partial charge < -0.3 is 61.1 Å². The number of nitrogens with two attached hydrogens (primary N) is 2. The van der Waals surface area contributed by atoms with Crippen LogP contribution < -0.4 is 46.7 Å². The van der Waals surface area contributed by atoms with Crippen LogP contribution in [0.2, 0.25) is 0 Å². The van der Waals surface area contributed by atoms with Crippen LogP contribution in [0, 0.1) is 5.41 Å². The predicted molar refractivity (Wildman–Crippen MR) is 283 cm³/mol. The molecule has 402 valence electrons. The zero-order valence-electron chi connectivity index (χ0n) is 43.7. The van der Waals surface area contributed by atoms with E-state index in [0.717, 1.165) is 55.0 Å². The summed E-state index contributed by atoms with van der Waals surface area (Å²) in [6, 6.07) is 19.8. The predicted octanol–water partition coefficient (Wildman–Crippen LogP) is 5.48. The van der Waals surface area contributed by atoms with Gasteiger partial charge in [-0.05, 0) is 115 Å². The molecule has 5 heterocycles. The second kappa shape index (κ2) is 23.8. The van der Waals surface area contributed by atoms with E-state index in [4.69, 9.17) is 30.4 Å². The molecule has 3 unspecified atom stereocenters. The fraction of sp³-hybridized carbons (Fsp3) is 0.519. The van der Waals surface area contributed by atoms with Gasteiger partial charge in [-0.2, -0.15) is 0 Å². The fourth-order valence-electron chi connectivity index (χ4n) is 10.3. The number of primary amides is 1. The first-order valence-electron chi connectivity index (χ1n) is 26.1. The Labute approximate surface area is 438 Å². The summed E-state index contributed by atoms with van der Waals surface area (Å²) in [4.78, 5) is 77.3. The maximum absolute atomic E-state index is 13.6. The number of fused-ring (bicyclic) bond motifs is 2. The van der Waals surface area contributed by atoms with Gasteiger partial charge in [-0.1, -0.05) is 30.7 Å². The summed E-state index contributed by atoms with van der Waals surface area (Å²) in [6.07, 6.45) is 5.50. The molecular weight excluding hydrogens is 961 g/mol. The van der Waals surface area contributed by atoms with Crippen molar-refractivity contribution in [2.45, 2.75) is 116 Å². The highest BCUT2D eigenvalue weighted by Crippen LogP contribution is 2.43. The van der Waals surface area contributed by atoms with Crippen LogP contribution in [0.3, 0.4) is 0 Å². The van der Waals surface area contributed by atoms with Crippen LogP contribution in [-0.4, -0.2) is 144 Å². The van der Waals surface area contributed by atoms with Crippen molar-refractivity contribution in [2.24, 2.45) is 11.1 Å². The molecule has 3 aliphatic heterocycles. The Morgan fingerprint density at radius 3 is 2.35 bits per heavy atom. The van der Waals surface area contributed by atoms with E-state index in [-0.39, 0.29) is 50.4 Å². The second-order valence-corrected chi connectivity index (χ2v) is 20.8. The van der Waals surface area contributed by atoms with E-state index >= 15 is 0 Å². The molecule has 8 rings (SSSR count). The molecule has 2 aromatic carbocycles. The number of urea groups is 1. The minimum atomic E-state index is -1.32. The number of benzene rings is 2. The van der Waals surface area contributed by atoms with Crippen molar-refractivity contribution in [3.05, 3.63) is 78.5 Å². The topological polar surface area (TPSA) is 262 Å². The van der Waals surface area contributed by atoms with Crippen molar-refractivity contribution in [3.8, 4) is 22.9 Å². The van der Waals surface area contributed by atoms with Gasteiger partial charge in [0.15, 0.2) is 5.82 Å². The van der Waals surface area contributed by atoms with Crippen molar-refractivity contribution < 1.29 is 42.9 Å². The Bertz CT molecular complexity index is 2650. The van der Waals surface area contributed by atoms with E-state index in [1.54, 1.807) is 24.0 Å². The third-order valence-electron chi connectivity index (χ3n) is 14.4. The average molecular weight is 1030 g/mol. The molecule has 21 nitrogen and oxygen atoms in total. The van der Waals surface area contributed by atoms with Gasteiger partial charge in [0.2, 0.25) is 17.7 Å². The molecule has 4 aliphatic rings. The summed E-state index contributed by atoms with van der Waals surface area (Å²) < 4.78 is 23.4. The van der Waals surface area contributed by atoms with Gasteiger partial charge in [-0.15, -0.1) is 10.2 Å². The lowest BCUT2D eigenvalue weighted by atomic mass is 9.68. The minimum Gasteiger partial charge on any atom is -0.488 e. The van der Waals surface area contributed by atoms with Gasteiger partial charge >= 0.3 is 18.1 Å². The Morgan fingerprint density at radius 2 is 1.67 bits per heavy atom. The molecule has 7 N–H and O–H groups in total. The molecule has 1 aliphatic carbocycles. The van der Waals surface area contributed by atoms with Crippen LogP contribution in [0.5, 0.6) is 11.6 Å². The molecule has 2 bridgehead atoms. The quantitative estimate of drug-likeness (QED) is 0.0417. The highest BCUT2D eigenvalue weighted by Gasteiger charge is 2.53. The first kappa shape index (κ1) is 53.9. The summed E-state index contributed by atoms with van der Waals surface area (Å²) in [5, 5.41) is 17.1. The molecule has 0 spiro atoms. The van der Waals surface area contributed by atoms with Gasteiger partial charge in [0, 0.05) is 93.1 Å². The molecule has 4 aromatic rings. The van der Waals surface area contributed by atoms with Crippen LogP contribution in [0.15, 0.2) is 72.9 Å². The van der Waals surface area contributed by atoms with Crippen molar-refractivity contribution in [3.63, 3.8) is 0 Å². The van der Waals surface area contributed by atoms with E-state index < -0.39 is 40.9 Å². The Morgan fingerprint density at radius 1 is 0.920 bits per heavy atom. The summed E-state index contributed by atoms with van der Waals surface area (Å²) >= 11 is 0. The molecule has 3 saturated heterocycles. The third kappa shape index (κ3) is 13.3. The fourth-order valence-corrected chi connectivity index (χ4v) is 10.3. The number of piperazine rings is 2. The lowest BCUT2D eigenvalue weighted by Gasteiger charge is -2.43. The van der Waals surface area contributed by atoms with Crippen molar-refractivity contribution in [1.29, 1.82) is 0 Å². The normalized spacial score (nSPS) is 19.5. The zero-order valence-corrected chi connectivity index (χ0v) is 43.7. The number of rotatable bonds is 20. The van der Waals surface area contributed by atoms with Crippen LogP contribution >= 0.6 is 0 Å². The Kier molecular flexibility index (Phi) is 17.1. The number of ether oxygens (including phenoxy) is 4. The molecule has 5 amide bonds.